The van der Waals surface area contributed by atoms with Gasteiger partial charge in [0.2, 0.25) is 0 Å². The summed E-state index contributed by atoms with van der Waals surface area (Å²) in [4.78, 5) is 1.11. The number of allylic oxidation sites excluding steroid dienone is 2. The second-order valence-corrected chi connectivity index (χ2v) is 6.71. The van der Waals surface area contributed by atoms with Crippen molar-refractivity contribution in [3.63, 3.8) is 0 Å². The third kappa shape index (κ3) is 4.46. The lowest BCUT2D eigenvalue weighted by molar-refractivity contribution is -0.0936. The van der Waals surface area contributed by atoms with E-state index in [1.165, 1.54) is 25.4 Å². The van der Waals surface area contributed by atoms with Crippen LogP contribution in [0.4, 0.5) is 26.3 Å². The van der Waals surface area contributed by atoms with Crippen molar-refractivity contribution in [3.8, 4) is 5.75 Å². The van der Waals surface area contributed by atoms with Gasteiger partial charge in [-0.1, -0.05) is 6.07 Å². The van der Waals surface area contributed by atoms with Crippen LogP contribution >= 0.6 is 0 Å². The van der Waals surface area contributed by atoms with Crippen LogP contribution in [0.5, 0.6) is 5.75 Å². The second kappa shape index (κ2) is 7.57. The molecule has 156 valence electrons. The predicted molar refractivity (Wildman–Crippen MR) is 96.4 cm³/mol. The largest absolute Gasteiger partial charge is 0.494 e. The normalized spacial score (nSPS) is 21.4. The first-order valence-electron chi connectivity index (χ1n) is 8.56. The first kappa shape index (κ1) is 20.9. The van der Waals surface area contributed by atoms with Crippen LogP contribution in [0.25, 0.3) is 5.57 Å². The SMILES string of the molecule is C=N/N=C(/CC1CC1(F)F)N1C=CC(c2ccc(OC)c(F)c2)=C(C(F)(F)F)C1. The summed E-state index contributed by atoms with van der Waals surface area (Å²) < 4.78 is 86.4. The smallest absolute Gasteiger partial charge is 0.415 e. The number of alkyl halides is 5. The van der Waals surface area contributed by atoms with Crippen molar-refractivity contribution in [2.75, 3.05) is 13.7 Å². The fourth-order valence-electron chi connectivity index (χ4n) is 3.11. The van der Waals surface area contributed by atoms with Gasteiger partial charge in [0.1, 0.15) is 5.84 Å². The van der Waals surface area contributed by atoms with Crippen molar-refractivity contribution in [2.45, 2.75) is 24.9 Å². The van der Waals surface area contributed by atoms with Crippen LogP contribution in [0.15, 0.2) is 46.3 Å². The van der Waals surface area contributed by atoms with Gasteiger partial charge in [0.05, 0.1) is 19.2 Å². The summed E-state index contributed by atoms with van der Waals surface area (Å²) in [5.41, 5.74) is -1.16. The number of amidine groups is 1. The Morgan fingerprint density at radius 2 is 2.03 bits per heavy atom. The van der Waals surface area contributed by atoms with Crippen molar-refractivity contribution in [3.05, 3.63) is 47.4 Å². The Labute approximate surface area is 162 Å². The molecule has 1 aliphatic carbocycles. The molecule has 0 spiro atoms. The topological polar surface area (TPSA) is 37.2 Å². The first-order chi connectivity index (χ1) is 13.6. The molecule has 29 heavy (non-hydrogen) atoms. The number of hydrogen-bond donors (Lipinski definition) is 0. The quantitative estimate of drug-likeness (QED) is 0.291. The molecule has 1 fully saturated rings. The summed E-state index contributed by atoms with van der Waals surface area (Å²) in [6.07, 6.45) is -2.87. The third-order valence-electron chi connectivity index (χ3n) is 4.78. The van der Waals surface area contributed by atoms with Gasteiger partial charge in [-0.05, 0) is 29.3 Å². The number of methoxy groups -OCH3 is 1. The molecule has 1 aromatic carbocycles. The molecule has 1 aromatic rings. The van der Waals surface area contributed by atoms with E-state index >= 15 is 0 Å². The molecule has 0 N–H and O–H groups in total. The Morgan fingerprint density at radius 3 is 2.55 bits per heavy atom. The molecule has 3 rings (SSSR count). The molecule has 0 saturated heterocycles. The maximum Gasteiger partial charge on any atom is 0.415 e. The molecule has 1 heterocycles. The molecule has 1 aliphatic heterocycles. The van der Waals surface area contributed by atoms with Crippen molar-refractivity contribution in [2.24, 2.45) is 16.1 Å². The molecule has 1 unspecified atom stereocenters. The summed E-state index contributed by atoms with van der Waals surface area (Å²) in [7, 11) is 1.24. The lowest BCUT2D eigenvalue weighted by Crippen LogP contribution is -2.35. The summed E-state index contributed by atoms with van der Waals surface area (Å²) in [5, 5.41) is 6.94. The fraction of sp³-hybridized carbons (Fsp3) is 0.368. The van der Waals surface area contributed by atoms with Crippen LogP contribution in [0.3, 0.4) is 0 Å². The average Bonchev–Trinajstić information content (AvgIpc) is 3.26. The van der Waals surface area contributed by atoms with E-state index in [1.807, 2.05) is 0 Å². The lowest BCUT2D eigenvalue weighted by atomic mass is 9.96. The zero-order valence-corrected chi connectivity index (χ0v) is 15.3. The van der Waals surface area contributed by atoms with Crippen LogP contribution in [0.2, 0.25) is 0 Å². The van der Waals surface area contributed by atoms with Crippen molar-refractivity contribution in [1.82, 2.24) is 4.90 Å². The van der Waals surface area contributed by atoms with Gasteiger partial charge in [-0.3, -0.25) is 0 Å². The minimum absolute atomic E-state index is 0.0144. The van der Waals surface area contributed by atoms with Gasteiger partial charge < -0.3 is 9.64 Å². The van der Waals surface area contributed by atoms with E-state index in [0.29, 0.717) is 0 Å². The van der Waals surface area contributed by atoms with E-state index in [-0.39, 0.29) is 35.6 Å². The second-order valence-electron chi connectivity index (χ2n) is 6.71. The van der Waals surface area contributed by atoms with Gasteiger partial charge in [-0.2, -0.15) is 18.3 Å². The minimum Gasteiger partial charge on any atom is -0.494 e. The van der Waals surface area contributed by atoms with Crippen LogP contribution < -0.4 is 4.74 Å². The van der Waals surface area contributed by atoms with E-state index in [2.05, 4.69) is 16.9 Å². The molecule has 1 atom stereocenters. The predicted octanol–water partition coefficient (Wildman–Crippen LogP) is 5.04. The van der Waals surface area contributed by atoms with Crippen LogP contribution in [-0.2, 0) is 0 Å². The first-order valence-corrected chi connectivity index (χ1v) is 8.56. The van der Waals surface area contributed by atoms with Gasteiger partial charge in [-0.15, -0.1) is 5.10 Å². The molecular formula is C19H17F6N3O. The highest BCUT2D eigenvalue weighted by Crippen LogP contribution is 2.51. The third-order valence-corrected chi connectivity index (χ3v) is 4.78. The Kier molecular flexibility index (Phi) is 5.46. The van der Waals surface area contributed by atoms with E-state index in [1.54, 1.807) is 0 Å². The molecule has 2 aliphatic rings. The van der Waals surface area contributed by atoms with Crippen molar-refractivity contribution < 1.29 is 31.1 Å². The van der Waals surface area contributed by atoms with Crippen LogP contribution in [0, 0.1) is 11.7 Å². The number of ether oxygens (including phenoxy) is 1. The van der Waals surface area contributed by atoms with Gasteiger partial charge in [0, 0.05) is 31.7 Å². The van der Waals surface area contributed by atoms with Gasteiger partial charge in [0.15, 0.2) is 11.6 Å². The molecule has 0 aromatic heterocycles. The molecule has 0 bridgehead atoms. The van der Waals surface area contributed by atoms with E-state index < -0.39 is 36.0 Å². The monoisotopic (exact) mass is 417 g/mol. The number of halogens is 6. The number of nitrogens with zero attached hydrogens (tertiary/aromatic N) is 3. The average molecular weight is 417 g/mol. The zero-order valence-electron chi connectivity index (χ0n) is 15.3. The Hall–Kier alpha value is -2.78. The van der Waals surface area contributed by atoms with E-state index in [0.717, 1.165) is 17.0 Å². The van der Waals surface area contributed by atoms with Gasteiger partial charge in [-0.25, -0.2) is 13.2 Å². The van der Waals surface area contributed by atoms with Crippen LogP contribution in [0.1, 0.15) is 18.4 Å². The van der Waals surface area contributed by atoms with Crippen molar-refractivity contribution >= 4 is 18.1 Å². The fourth-order valence-corrected chi connectivity index (χ4v) is 3.11. The molecule has 4 nitrogen and oxygen atoms in total. The molecule has 0 radical (unpaired) electrons. The van der Waals surface area contributed by atoms with E-state index in [4.69, 9.17) is 4.74 Å². The zero-order chi connectivity index (χ0) is 21.4. The summed E-state index contributed by atoms with van der Waals surface area (Å²) in [6.45, 7) is 2.48. The molecule has 1 saturated carbocycles. The summed E-state index contributed by atoms with van der Waals surface area (Å²) >= 11 is 0. The van der Waals surface area contributed by atoms with Gasteiger partial charge in [0.25, 0.3) is 5.92 Å². The number of benzene rings is 1. The molecular weight excluding hydrogens is 400 g/mol. The highest BCUT2D eigenvalue weighted by Gasteiger charge is 2.57. The van der Waals surface area contributed by atoms with Crippen LogP contribution in [-0.4, -0.2) is 43.2 Å². The number of rotatable bonds is 5. The Bertz CT molecular complexity index is 904. The van der Waals surface area contributed by atoms with Crippen molar-refractivity contribution in [1.29, 1.82) is 0 Å². The molecule has 0 amide bonds. The summed E-state index contributed by atoms with van der Waals surface area (Å²) in [5.74, 6) is -4.78. The Balaban J connectivity index is 1.93. The standard InChI is InChI=1S/C19H17F6N3O/c1-26-27-17(8-12-9-18(12,21)22)28-6-5-13(14(10-28)19(23,24)25)11-3-4-16(29-2)15(20)7-11/h3-7,12H,1,8-10H2,2H3/b27-17-. The highest BCUT2D eigenvalue weighted by molar-refractivity contribution is 5.87. The Morgan fingerprint density at radius 1 is 1.34 bits per heavy atom. The number of hydrogen-bond acceptors (Lipinski definition) is 3. The lowest BCUT2D eigenvalue weighted by Gasteiger charge is -2.29. The van der Waals surface area contributed by atoms with E-state index in [9.17, 15) is 26.3 Å². The minimum atomic E-state index is -4.73. The van der Waals surface area contributed by atoms with Gasteiger partial charge >= 0.3 is 6.18 Å². The highest BCUT2D eigenvalue weighted by atomic mass is 19.4. The maximum absolute atomic E-state index is 14.0. The molecule has 10 heteroatoms. The summed E-state index contributed by atoms with van der Waals surface area (Å²) in [6, 6.07) is 3.49. The maximum atomic E-state index is 14.0.